The van der Waals surface area contributed by atoms with Crippen molar-refractivity contribution in [2.24, 2.45) is 0 Å². The van der Waals surface area contributed by atoms with E-state index in [4.69, 9.17) is 17.0 Å². The quantitative estimate of drug-likeness (QED) is 0.358. The highest BCUT2D eigenvalue weighted by molar-refractivity contribution is 7.80. The fraction of sp³-hybridized carbons (Fsp3) is 0.174. The summed E-state index contributed by atoms with van der Waals surface area (Å²) in [6, 6.07) is 17.1. The third kappa shape index (κ3) is 3.48. The van der Waals surface area contributed by atoms with Crippen molar-refractivity contribution < 1.29 is 14.3 Å². The number of aromatic nitrogens is 1. The predicted octanol–water partition coefficient (Wildman–Crippen LogP) is 3.81. The molecule has 0 spiro atoms. The summed E-state index contributed by atoms with van der Waals surface area (Å²) in [6.45, 7) is 2.22. The van der Waals surface area contributed by atoms with Gasteiger partial charge in [0, 0.05) is 29.7 Å². The third-order valence-corrected chi connectivity index (χ3v) is 5.45. The number of amides is 1. The molecular formula is C23H21N3O3S. The highest BCUT2D eigenvalue weighted by Gasteiger charge is 2.36. The second kappa shape index (κ2) is 8.12. The smallest absolute Gasteiger partial charge is 0.325 e. The van der Waals surface area contributed by atoms with Gasteiger partial charge in [-0.05, 0) is 43.4 Å². The molecule has 0 aliphatic carbocycles. The minimum atomic E-state index is -0.303. The van der Waals surface area contributed by atoms with Crippen molar-refractivity contribution in [2.45, 2.75) is 13.5 Å². The Bertz CT molecular complexity index is 1170. The van der Waals surface area contributed by atoms with E-state index in [1.54, 1.807) is 18.9 Å². The molecule has 2 heterocycles. The summed E-state index contributed by atoms with van der Waals surface area (Å²) >= 11 is 5.53. The number of hydrogen-bond donors (Lipinski definition) is 0. The summed E-state index contributed by atoms with van der Waals surface area (Å²) in [7, 11) is 1.78. The predicted molar refractivity (Wildman–Crippen MR) is 121 cm³/mol. The lowest BCUT2D eigenvalue weighted by atomic mass is 10.1. The molecule has 0 radical (unpaired) electrons. The van der Waals surface area contributed by atoms with Crippen molar-refractivity contribution in [2.75, 3.05) is 18.6 Å². The molecule has 1 saturated heterocycles. The standard InChI is InChI=1S/C23H21N3O3S/c1-3-29-21(27)15-25-14-16(18-11-7-8-12-19(18)25)13-20-22(28)26(23(30)24(20)2)17-9-5-4-6-10-17/h4-14H,3,15H2,1-2H3/b20-13-. The minimum absolute atomic E-state index is 0.107. The lowest BCUT2D eigenvalue weighted by Gasteiger charge is -2.16. The van der Waals surface area contributed by atoms with Crippen LogP contribution in [0.2, 0.25) is 0 Å². The fourth-order valence-electron chi connectivity index (χ4n) is 3.58. The van der Waals surface area contributed by atoms with E-state index in [9.17, 15) is 9.59 Å². The third-order valence-electron chi connectivity index (χ3n) is 4.99. The number of esters is 1. The molecular weight excluding hydrogens is 398 g/mol. The average Bonchev–Trinajstić information content (AvgIpc) is 3.19. The first-order valence-electron chi connectivity index (χ1n) is 9.63. The minimum Gasteiger partial charge on any atom is -0.465 e. The maximum absolute atomic E-state index is 13.2. The Hall–Kier alpha value is -3.45. The first-order chi connectivity index (χ1) is 14.5. The number of para-hydroxylation sites is 2. The molecule has 4 rings (SSSR count). The molecule has 0 N–H and O–H groups in total. The van der Waals surface area contributed by atoms with E-state index in [1.807, 2.05) is 71.4 Å². The molecule has 0 atom stereocenters. The van der Waals surface area contributed by atoms with Gasteiger partial charge < -0.3 is 14.2 Å². The van der Waals surface area contributed by atoms with E-state index in [0.29, 0.717) is 17.4 Å². The maximum Gasteiger partial charge on any atom is 0.325 e. The number of fused-ring (bicyclic) bond motifs is 1. The Kier molecular flexibility index (Phi) is 5.37. The lowest BCUT2D eigenvalue weighted by molar-refractivity contribution is -0.143. The summed E-state index contributed by atoms with van der Waals surface area (Å²) in [5.74, 6) is -0.487. The van der Waals surface area contributed by atoms with Crippen LogP contribution in [0.1, 0.15) is 12.5 Å². The van der Waals surface area contributed by atoms with Gasteiger partial charge in [-0.25, -0.2) is 0 Å². The van der Waals surface area contributed by atoms with Gasteiger partial charge in [0.2, 0.25) is 0 Å². The molecule has 1 amide bonds. The van der Waals surface area contributed by atoms with Gasteiger partial charge in [0.15, 0.2) is 5.11 Å². The molecule has 1 aliphatic rings. The zero-order valence-corrected chi connectivity index (χ0v) is 17.6. The molecule has 0 bridgehead atoms. The van der Waals surface area contributed by atoms with E-state index >= 15 is 0 Å². The molecule has 7 heteroatoms. The molecule has 0 saturated carbocycles. The molecule has 30 heavy (non-hydrogen) atoms. The second-order valence-electron chi connectivity index (χ2n) is 6.88. The molecule has 1 aromatic heterocycles. The van der Waals surface area contributed by atoms with Crippen LogP contribution < -0.4 is 4.90 Å². The second-order valence-corrected chi connectivity index (χ2v) is 7.25. The largest absolute Gasteiger partial charge is 0.465 e. The number of likely N-dealkylation sites (N-methyl/N-ethyl adjacent to an activating group) is 1. The molecule has 152 valence electrons. The number of carbonyl (C=O) groups is 2. The Morgan fingerprint density at radius 2 is 1.80 bits per heavy atom. The van der Waals surface area contributed by atoms with E-state index in [1.165, 1.54) is 4.90 Å². The number of benzene rings is 2. The van der Waals surface area contributed by atoms with Crippen molar-refractivity contribution in [3.05, 3.63) is 72.1 Å². The Labute approximate surface area is 179 Å². The van der Waals surface area contributed by atoms with Crippen LogP contribution in [0.25, 0.3) is 17.0 Å². The summed E-state index contributed by atoms with van der Waals surface area (Å²) in [4.78, 5) is 28.4. The van der Waals surface area contributed by atoms with E-state index in [2.05, 4.69) is 0 Å². The van der Waals surface area contributed by atoms with Crippen LogP contribution in [0.5, 0.6) is 0 Å². The van der Waals surface area contributed by atoms with Gasteiger partial charge in [-0.2, -0.15) is 0 Å². The summed E-state index contributed by atoms with van der Waals surface area (Å²) in [5, 5.41) is 1.37. The lowest BCUT2D eigenvalue weighted by Crippen LogP contribution is -2.30. The number of ether oxygens (including phenoxy) is 1. The van der Waals surface area contributed by atoms with E-state index in [0.717, 1.165) is 22.2 Å². The van der Waals surface area contributed by atoms with Crippen molar-refractivity contribution in [1.29, 1.82) is 0 Å². The number of nitrogens with zero attached hydrogens (tertiary/aromatic N) is 3. The van der Waals surface area contributed by atoms with Crippen LogP contribution in [0.15, 0.2) is 66.5 Å². The van der Waals surface area contributed by atoms with Crippen molar-refractivity contribution in [3.8, 4) is 0 Å². The molecule has 3 aromatic rings. The fourth-order valence-corrected chi connectivity index (χ4v) is 3.86. The van der Waals surface area contributed by atoms with Gasteiger partial charge in [-0.15, -0.1) is 0 Å². The zero-order chi connectivity index (χ0) is 21.3. The summed E-state index contributed by atoms with van der Waals surface area (Å²) in [6.07, 6.45) is 3.69. The normalized spacial score (nSPS) is 15.5. The monoisotopic (exact) mass is 419 g/mol. The first kappa shape index (κ1) is 19.8. The van der Waals surface area contributed by atoms with E-state index in [-0.39, 0.29) is 18.4 Å². The van der Waals surface area contributed by atoms with Crippen molar-refractivity contribution >= 4 is 51.9 Å². The SMILES string of the molecule is CCOC(=O)Cn1cc(/C=C2/C(=O)N(c3ccccc3)C(=S)N2C)c2ccccc21. The summed E-state index contributed by atoms with van der Waals surface area (Å²) < 4.78 is 6.93. The number of rotatable bonds is 5. The maximum atomic E-state index is 13.2. The van der Waals surface area contributed by atoms with E-state index < -0.39 is 0 Å². The molecule has 1 aliphatic heterocycles. The highest BCUT2D eigenvalue weighted by atomic mass is 32.1. The van der Waals surface area contributed by atoms with Crippen LogP contribution in [-0.2, 0) is 20.9 Å². The van der Waals surface area contributed by atoms with Crippen LogP contribution in [0.4, 0.5) is 5.69 Å². The average molecular weight is 420 g/mol. The Balaban J connectivity index is 1.75. The van der Waals surface area contributed by atoms with Gasteiger partial charge in [-0.3, -0.25) is 14.5 Å². The first-order valence-corrected chi connectivity index (χ1v) is 10.0. The van der Waals surface area contributed by atoms with Crippen LogP contribution in [0.3, 0.4) is 0 Å². The number of hydrogen-bond acceptors (Lipinski definition) is 4. The van der Waals surface area contributed by atoms with Gasteiger partial charge in [0.1, 0.15) is 12.2 Å². The van der Waals surface area contributed by atoms with Gasteiger partial charge in [-0.1, -0.05) is 36.4 Å². The number of anilines is 1. The van der Waals surface area contributed by atoms with Crippen LogP contribution >= 0.6 is 12.2 Å². The zero-order valence-electron chi connectivity index (χ0n) is 16.7. The number of thiocarbonyl (C=S) groups is 1. The number of carbonyl (C=O) groups excluding carboxylic acids is 2. The molecule has 1 fully saturated rings. The van der Waals surface area contributed by atoms with Crippen LogP contribution in [-0.4, -0.2) is 40.1 Å². The van der Waals surface area contributed by atoms with Gasteiger partial charge >= 0.3 is 5.97 Å². The Morgan fingerprint density at radius 3 is 2.53 bits per heavy atom. The molecule has 6 nitrogen and oxygen atoms in total. The summed E-state index contributed by atoms with van der Waals surface area (Å²) in [5.41, 5.74) is 2.94. The van der Waals surface area contributed by atoms with Crippen molar-refractivity contribution in [3.63, 3.8) is 0 Å². The van der Waals surface area contributed by atoms with Crippen LogP contribution in [0, 0.1) is 0 Å². The Morgan fingerprint density at radius 1 is 1.10 bits per heavy atom. The highest BCUT2D eigenvalue weighted by Crippen LogP contribution is 2.30. The van der Waals surface area contributed by atoms with Gasteiger partial charge in [0.25, 0.3) is 5.91 Å². The van der Waals surface area contributed by atoms with Gasteiger partial charge in [0.05, 0.1) is 12.3 Å². The molecule has 2 aromatic carbocycles. The molecule has 0 unspecified atom stereocenters. The topological polar surface area (TPSA) is 54.8 Å². The van der Waals surface area contributed by atoms with Crippen molar-refractivity contribution in [1.82, 2.24) is 9.47 Å².